The second-order valence-electron chi connectivity index (χ2n) is 4.63. The molecule has 0 bridgehead atoms. The van der Waals surface area contributed by atoms with Crippen molar-refractivity contribution in [1.29, 1.82) is 0 Å². The fourth-order valence-corrected chi connectivity index (χ4v) is 2.80. The molecule has 0 heterocycles. The van der Waals surface area contributed by atoms with Gasteiger partial charge in [-0.1, -0.05) is 12.8 Å². The van der Waals surface area contributed by atoms with Crippen molar-refractivity contribution in [1.82, 2.24) is 9.03 Å². The van der Waals surface area contributed by atoms with Gasteiger partial charge in [0.15, 0.2) is 0 Å². The largest absolute Gasteiger partial charge is 0.481 e. The number of hydrogen-bond donors (Lipinski definition) is 2. The van der Waals surface area contributed by atoms with Gasteiger partial charge in [0.1, 0.15) is 0 Å². The lowest BCUT2D eigenvalue weighted by atomic mass is 9.79. The van der Waals surface area contributed by atoms with Crippen molar-refractivity contribution in [3.8, 4) is 0 Å². The molecule has 7 heteroatoms. The van der Waals surface area contributed by atoms with Gasteiger partial charge >= 0.3 is 5.97 Å². The van der Waals surface area contributed by atoms with Crippen molar-refractivity contribution in [2.75, 3.05) is 20.6 Å². The lowest BCUT2D eigenvalue weighted by molar-refractivity contribution is -0.144. The molecule has 17 heavy (non-hydrogen) atoms. The average molecular weight is 264 g/mol. The maximum atomic E-state index is 11.5. The van der Waals surface area contributed by atoms with Gasteiger partial charge in [0.25, 0.3) is 10.2 Å². The first kappa shape index (κ1) is 14.4. The molecule has 100 valence electrons. The lowest BCUT2D eigenvalue weighted by Gasteiger charge is -2.28. The molecule has 1 fully saturated rings. The third kappa shape index (κ3) is 3.93. The van der Waals surface area contributed by atoms with Crippen LogP contribution in [0.2, 0.25) is 0 Å². The molecule has 1 saturated carbocycles. The van der Waals surface area contributed by atoms with Crippen molar-refractivity contribution in [3.63, 3.8) is 0 Å². The number of carboxylic acid groups (broad SMARTS) is 1. The molecule has 1 rings (SSSR count). The maximum absolute atomic E-state index is 11.5. The first-order valence-electron chi connectivity index (χ1n) is 5.74. The third-order valence-corrected chi connectivity index (χ3v) is 4.73. The highest BCUT2D eigenvalue weighted by Gasteiger charge is 2.31. The van der Waals surface area contributed by atoms with Crippen molar-refractivity contribution in [2.24, 2.45) is 11.8 Å². The van der Waals surface area contributed by atoms with Gasteiger partial charge in [-0.25, -0.2) is 4.72 Å². The van der Waals surface area contributed by atoms with Crippen molar-refractivity contribution < 1.29 is 18.3 Å². The molecule has 2 atom stereocenters. The Kier molecular flexibility index (Phi) is 4.91. The molecule has 6 nitrogen and oxygen atoms in total. The van der Waals surface area contributed by atoms with E-state index in [1.54, 1.807) is 0 Å². The highest BCUT2D eigenvalue weighted by molar-refractivity contribution is 7.87. The van der Waals surface area contributed by atoms with Gasteiger partial charge in [0, 0.05) is 20.6 Å². The predicted molar refractivity (Wildman–Crippen MR) is 63.7 cm³/mol. The molecule has 0 spiro atoms. The Morgan fingerprint density at radius 2 is 1.94 bits per heavy atom. The standard InChI is InChI=1S/C10H20N2O4S/c1-12(2)17(15,16)11-7-8-5-3-4-6-9(8)10(13)14/h8-9,11H,3-7H2,1-2H3,(H,13,14). The quantitative estimate of drug-likeness (QED) is 0.746. The zero-order valence-electron chi connectivity index (χ0n) is 10.2. The number of nitrogens with one attached hydrogen (secondary N) is 1. The Balaban J connectivity index is 2.58. The van der Waals surface area contributed by atoms with E-state index in [0.29, 0.717) is 6.42 Å². The van der Waals surface area contributed by atoms with Gasteiger partial charge < -0.3 is 5.11 Å². The number of rotatable bonds is 5. The Bertz CT molecular complexity index is 367. The molecular weight excluding hydrogens is 244 g/mol. The van der Waals surface area contributed by atoms with Gasteiger partial charge in [-0.05, 0) is 18.8 Å². The zero-order chi connectivity index (χ0) is 13.1. The van der Waals surface area contributed by atoms with E-state index in [-0.39, 0.29) is 12.5 Å². The molecule has 2 unspecified atom stereocenters. The maximum Gasteiger partial charge on any atom is 0.306 e. The number of carboxylic acids is 1. The van der Waals surface area contributed by atoms with Crippen LogP contribution >= 0.6 is 0 Å². The summed E-state index contributed by atoms with van der Waals surface area (Å²) in [7, 11) is -0.572. The summed E-state index contributed by atoms with van der Waals surface area (Å²) < 4.78 is 26.6. The van der Waals surface area contributed by atoms with Crippen molar-refractivity contribution in [3.05, 3.63) is 0 Å². The summed E-state index contributed by atoms with van der Waals surface area (Å²) in [4.78, 5) is 11.0. The molecule has 0 aliphatic heterocycles. The highest BCUT2D eigenvalue weighted by Crippen LogP contribution is 2.29. The molecule has 0 amide bonds. The molecular formula is C10H20N2O4S. The molecule has 2 N–H and O–H groups in total. The van der Waals surface area contributed by atoms with E-state index >= 15 is 0 Å². The Morgan fingerprint density at radius 3 is 2.47 bits per heavy atom. The van der Waals surface area contributed by atoms with Crippen LogP contribution in [0.5, 0.6) is 0 Å². The van der Waals surface area contributed by atoms with Crippen LogP contribution in [0.15, 0.2) is 0 Å². The molecule has 0 aromatic rings. The summed E-state index contributed by atoms with van der Waals surface area (Å²) in [6.07, 6.45) is 3.29. The minimum absolute atomic E-state index is 0.101. The van der Waals surface area contributed by atoms with E-state index in [1.165, 1.54) is 14.1 Å². The summed E-state index contributed by atoms with van der Waals surface area (Å²) in [6, 6.07) is 0. The minimum atomic E-state index is -3.46. The third-order valence-electron chi connectivity index (χ3n) is 3.23. The second-order valence-corrected chi connectivity index (χ2v) is 6.59. The van der Waals surface area contributed by atoms with Crippen LogP contribution in [0.4, 0.5) is 0 Å². The van der Waals surface area contributed by atoms with E-state index in [4.69, 9.17) is 5.11 Å². The van der Waals surface area contributed by atoms with Crippen LogP contribution in [0.1, 0.15) is 25.7 Å². The van der Waals surface area contributed by atoms with Crippen LogP contribution in [0.25, 0.3) is 0 Å². The molecule has 1 aliphatic rings. The van der Waals surface area contributed by atoms with Crippen LogP contribution in [-0.2, 0) is 15.0 Å². The molecule has 0 aromatic carbocycles. The first-order valence-corrected chi connectivity index (χ1v) is 7.18. The smallest absolute Gasteiger partial charge is 0.306 e. The highest BCUT2D eigenvalue weighted by atomic mass is 32.2. The Morgan fingerprint density at radius 1 is 1.35 bits per heavy atom. The van der Waals surface area contributed by atoms with Crippen LogP contribution in [0, 0.1) is 11.8 Å². The molecule has 0 radical (unpaired) electrons. The monoisotopic (exact) mass is 264 g/mol. The average Bonchev–Trinajstić information content (AvgIpc) is 2.26. The van der Waals surface area contributed by atoms with Crippen LogP contribution in [-0.4, -0.2) is 44.4 Å². The molecule has 0 aromatic heterocycles. The van der Waals surface area contributed by atoms with Gasteiger partial charge in [-0.2, -0.15) is 12.7 Å². The van der Waals surface area contributed by atoms with Crippen molar-refractivity contribution >= 4 is 16.2 Å². The minimum Gasteiger partial charge on any atom is -0.481 e. The van der Waals surface area contributed by atoms with Crippen LogP contribution < -0.4 is 4.72 Å². The summed E-state index contributed by atoms with van der Waals surface area (Å²) >= 11 is 0. The van der Waals surface area contributed by atoms with E-state index in [1.807, 2.05) is 0 Å². The van der Waals surface area contributed by atoms with E-state index in [2.05, 4.69) is 4.72 Å². The number of hydrogen-bond acceptors (Lipinski definition) is 3. The number of aliphatic carboxylic acids is 1. The first-order chi connectivity index (χ1) is 7.84. The number of nitrogens with zero attached hydrogens (tertiary/aromatic N) is 1. The summed E-state index contributed by atoms with van der Waals surface area (Å²) in [5.41, 5.74) is 0. The topological polar surface area (TPSA) is 86.7 Å². The Labute approximate surface area is 102 Å². The van der Waals surface area contributed by atoms with Gasteiger partial charge in [-0.3, -0.25) is 4.79 Å². The SMILES string of the molecule is CN(C)S(=O)(=O)NCC1CCCCC1C(=O)O. The van der Waals surface area contributed by atoms with E-state index < -0.39 is 22.1 Å². The molecule has 0 saturated heterocycles. The van der Waals surface area contributed by atoms with E-state index in [9.17, 15) is 13.2 Å². The van der Waals surface area contributed by atoms with Gasteiger partial charge in [0.2, 0.25) is 0 Å². The summed E-state index contributed by atoms with van der Waals surface area (Å²) in [6.45, 7) is 0.206. The second kappa shape index (κ2) is 5.79. The summed E-state index contributed by atoms with van der Waals surface area (Å²) in [5.74, 6) is -1.34. The predicted octanol–water partition coefficient (Wildman–Crippen LogP) is 0.273. The normalized spacial score (nSPS) is 26.1. The lowest BCUT2D eigenvalue weighted by Crippen LogP contribution is -2.41. The Hall–Kier alpha value is -0.660. The fraction of sp³-hybridized carbons (Fsp3) is 0.900. The summed E-state index contributed by atoms with van der Waals surface area (Å²) in [5, 5.41) is 9.06. The fourth-order valence-electron chi connectivity index (χ4n) is 2.12. The van der Waals surface area contributed by atoms with Crippen LogP contribution in [0.3, 0.4) is 0 Å². The van der Waals surface area contributed by atoms with Gasteiger partial charge in [-0.15, -0.1) is 0 Å². The molecule has 1 aliphatic carbocycles. The van der Waals surface area contributed by atoms with E-state index in [0.717, 1.165) is 23.6 Å². The van der Waals surface area contributed by atoms with Gasteiger partial charge in [0.05, 0.1) is 5.92 Å². The zero-order valence-corrected chi connectivity index (χ0v) is 11.0. The van der Waals surface area contributed by atoms with Crippen molar-refractivity contribution in [2.45, 2.75) is 25.7 Å². The number of carbonyl (C=O) groups is 1.